The van der Waals surface area contributed by atoms with Gasteiger partial charge in [-0.3, -0.25) is 14.6 Å². The lowest BCUT2D eigenvalue weighted by Crippen LogP contribution is -2.40. The number of aromatic amines is 2. The Labute approximate surface area is 115 Å². The third-order valence-electron chi connectivity index (χ3n) is 3.66. The molecule has 3 N–H and O–H groups in total. The normalized spacial score (nSPS) is 16.4. The number of rotatable bonds is 3. The second-order valence-electron chi connectivity index (χ2n) is 5.12. The predicted octanol–water partition coefficient (Wildman–Crippen LogP) is -0.712. The summed E-state index contributed by atoms with van der Waals surface area (Å²) in [6.07, 6.45) is 1.42. The lowest BCUT2D eigenvalue weighted by molar-refractivity contribution is -0.133. The number of aryl methyl sites for hydroxylation is 1. The van der Waals surface area contributed by atoms with Gasteiger partial charge in [-0.15, -0.1) is 0 Å². The molecule has 1 aromatic rings. The van der Waals surface area contributed by atoms with Crippen molar-refractivity contribution >= 4 is 5.91 Å². The van der Waals surface area contributed by atoms with E-state index in [1.165, 1.54) is 0 Å². The number of piperidine rings is 1. The van der Waals surface area contributed by atoms with Crippen LogP contribution in [0, 0.1) is 6.92 Å². The molecule has 0 radical (unpaired) electrons. The molecule has 1 saturated heterocycles. The number of H-pyrrole nitrogens is 2. The van der Waals surface area contributed by atoms with Crippen molar-refractivity contribution < 1.29 is 9.90 Å². The number of aliphatic hydroxyl groups is 1. The summed E-state index contributed by atoms with van der Waals surface area (Å²) in [4.78, 5) is 41.2. The highest BCUT2D eigenvalue weighted by atomic mass is 16.3. The van der Waals surface area contributed by atoms with Crippen LogP contribution in [-0.2, 0) is 11.2 Å². The monoisotopic (exact) mass is 281 g/mol. The largest absolute Gasteiger partial charge is 0.393 e. The van der Waals surface area contributed by atoms with Crippen LogP contribution >= 0.6 is 0 Å². The van der Waals surface area contributed by atoms with Crippen molar-refractivity contribution in [2.45, 2.75) is 38.7 Å². The SMILES string of the molecule is Cc1[nH]c(=O)[nH]c(=O)c1CCC(=O)N1CCC(O)CC1. The highest BCUT2D eigenvalue weighted by Crippen LogP contribution is 2.12. The van der Waals surface area contributed by atoms with Crippen molar-refractivity contribution in [1.29, 1.82) is 0 Å². The molecular formula is C13H19N3O4. The molecule has 1 aliphatic heterocycles. The van der Waals surface area contributed by atoms with Crippen LogP contribution in [0.3, 0.4) is 0 Å². The van der Waals surface area contributed by atoms with Crippen LogP contribution in [0.25, 0.3) is 0 Å². The van der Waals surface area contributed by atoms with Gasteiger partial charge in [0.25, 0.3) is 5.56 Å². The summed E-state index contributed by atoms with van der Waals surface area (Å²) < 4.78 is 0. The Bertz CT molecular complexity index is 596. The third-order valence-corrected chi connectivity index (χ3v) is 3.66. The summed E-state index contributed by atoms with van der Waals surface area (Å²) in [5, 5.41) is 9.40. The molecular weight excluding hydrogens is 262 g/mol. The third kappa shape index (κ3) is 3.36. The molecule has 1 amide bonds. The van der Waals surface area contributed by atoms with Crippen LogP contribution in [0.15, 0.2) is 9.59 Å². The van der Waals surface area contributed by atoms with E-state index in [-0.39, 0.29) is 18.4 Å². The minimum Gasteiger partial charge on any atom is -0.393 e. The quantitative estimate of drug-likeness (QED) is 0.680. The van der Waals surface area contributed by atoms with Crippen molar-refractivity contribution in [3.05, 3.63) is 32.1 Å². The Balaban J connectivity index is 1.97. The van der Waals surface area contributed by atoms with Gasteiger partial charge in [-0.1, -0.05) is 0 Å². The summed E-state index contributed by atoms with van der Waals surface area (Å²) in [5.41, 5.74) is -0.0312. The van der Waals surface area contributed by atoms with Gasteiger partial charge >= 0.3 is 5.69 Å². The minimum atomic E-state index is -0.535. The van der Waals surface area contributed by atoms with E-state index in [0.717, 1.165) is 0 Å². The topological polar surface area (TPSA) is 106 Å². The summed E-state index contributed by atoms with van der Waals surface area (Å²) >= 11 is 0. The Morgan fingerprint density at radius 1 is 1.30 bits per heavy atom. The molecule has 0 unspecified atom stereocenters. The van der Waals surface area contributed by atoms with Gasteiger partial charge in [-0.25, -0.2) is 4.79 Å². The summed E-state index contributed by atoms with van der Waals surface area (Å²) in [6.45, 7) is 2.76. The maximum Gasteiger partial charge on any atom is 0.325 e. The first kappa shape index (κ1) is 14.5. The second kappa shape index (κ2) is 6.04. The van der Waals surface area contributed by atoms with Gasteiger partial charge in [-0.05, 0) is 26.2 Å². The number of likely N-dealkylation sites (tertiary alicyclic amines) is 1. The fourth-order valence-electron chi connectivity index (χ4n) is 2.43. The fourth-order valence-corrected chi connectivity index (χ4v) is 2.43. The molecule has 0 aromatic carbocycles. The molecule has 1 aliphatic rings. The van der Waals surface area contributed by atoms with Gasteiger partial charge in [0.05, 0.1) is 6.10 Å². The van der Waals surface area contributed by atoms with E-state index >= 15 is 0 Å². The van der Waals surface area contributed by atoms with Crippen LogP contribution in [0.4, 0.5) is 0 Å². The zero-order valence-corrected chi connectivity index (χ0v) is 11.4. The van der Waals surface area contributed by atoms with E-state index in [1.807, 2.05) is 0 Å². The van der Waals surface area contributed by atoms with Crippen molar-refractivity contribution in [1.82, 2.24) is 14.9 Å². The Hall–Kier alpha value is -1.89. The van der Waals surface area contributed by atoms with E-state index in [1.54, 1.807) is 11.8 Å². The van der Waals surface area contributed by atoms with E-state index in [4.69, 9.17) is 0 Å². The first-order chi connectivity index (χ1) is 9.47. The van der Waals surface area contributed by atoms with Crippen molar-refractivity contribution in [2.75, 3.05) is 13.1 Å². The Morgan fingerprint density at radius 2 is 1.95 bits per heavy atom. The van der Waals surface area contributed by atoms with Crippen molar-refractivity contribution in [3.8, 4) is 0 Å². The molecule has 0 saturated carbocycles. The maximum absolute atomic E-state index is 12.0. The van der Waals surface area contributed by atoms with Gasteiger partial charge in [0, 0.05) is 30.8 Å². The lowest BCUT2D eigenvalue weighted by atomic mass is 10.1. The molecule has 20 heavy (non-hydrogen) atoms. The van der Waals surface area contributed by atoms with Gasteiger partial charge in [0.2, 0.25) is 5.91 Å². The van der Waals surface area contributed by atoms with E-state index in [2.05, 4.69) is 9.97 Å². The number of nitrogens with one attached hydrogen (secondary N) is 2. The first-order valence-electron chi connectivity index (χ1n) is 6.75. The highest BCUT2D eigenvalue weighted by molar-refractivity contribution is 5.76. The van der Waals surface area contributed by atoms with Crippen LogP contribution in [0.2, 0.25) is 0 Å². The number of carbonyl (C=O) groups is 1. The van der Waals surface area contributed by atoms with Crippen molar-refractivity contribution in [3.63, 3.8) is 0 Å². The van der Waals surface area contributed by atoms with Gasteiger partial charge in [-0.2, -0.15) is 0 Å². The second-order valence-corrected chi connectivity index (χ2v) is 5.12. The van der Waals surface area contributed by atoms with Crippen LogP contribution in [0.1, 0.15) is 30.5 Å². The van der Waals surface area contributed by atoms with Gasteiger partial charge < -0.3 is 15.0 Å². The fraction of sp³-hybridized carbons (Fsp3) is 0.615. The molecule has 1 aromatic heterocycles. The summed E-state index contributed by atoms with van der Waals surface area (Å²) in [5.74, 6) is -0.0260. The molecule has 0 bridgehead atoms. The number of aromatic nitrogens is 2. The smallest absolute Gasteiger partial charge is 0.325 e. The van der Waals surface area contributed by atoms with Crippen molar-refractivity contribution in [2.24, 2.45) is 0 Å². The van der Waals surface area contributed by atoms with Crippen LogP contribution in [0.5, 0.6) is 0 Å². The molecule has 7 nitrogen and oxygen atoms in total. The molecule has 110 valence electrons. The lowest BCUT2D eigenvalue weighted by Gasteiger charge is -2.29. The highest BCUT2D eigenvalue weighted by Gasteiger charge is 2.21. The number of hydrogen-bond donors (Lipinski definition) is 3. The van der Waals surface area contributed by atoms with E-state index in [0.29, 0.717) is 43.6 Å². The molecule has 7 heteroatoms. The number of nitrogens with zero attached hydrogens (tertiary/aromatic N) is 1. The maximum atomic E-state index is 12.0. The number of carbonyl (C=O) groups excluding carboxylic acids is 1. The number of aliphatic hydroxyl groups excluding tert-OH is 1. The molecule has 2 rings (SSSR count). The van der Waals surface area contributed by atoms with Crippen LogP contribution in [-0.4, -0.2) is 45.1 Å². The number of amides is 1. The zero-order chi connectivity index (χ0) is 14.7. The van der Waals surface area contributed by atoms with E-state index < -0.39 is 11.2 Å². The molecule has 0 aliphatic carbocycles. The average molecular weight is 281 g/mol. The number of hydrogen-bond acceptors (Lipinski definition) is 4. The zero-order valence-electron chi connectivity index (χ0n) is 11.4. The predicted molar refractivity (Wildman–Crippen MR) is 72.6 cm³/mol. The molecule has 0 spiro atoms. The molecule has 1 fully saturated rings. The Kier molecular flexibility index (Phi) is 4.39. The Morgan fingerprint density at radius 3 is 2.55 bits per heavy atom. The first-order valence-corrected chi connectivity index (χ1v) is 6.75. The molecule has 0 atom stereocenters. The summed E-state index contributed by atoms with van der Waals surface area (Å²) in [6, 6.07) is 0. The van der Waals surface area contributed by atoms with E-state index in [9.17, 15) is 19.5 Å². The van der Waals surface area contributed by atoms with Gasteiger partial charge in [0.15, 0.2) is 0 Å². The average Bonchev–Trinajstić information content (AvgIpc) is 2.38. The molecule has 2 heterocycles. The summed E-state index contributed by atoms with van der Waals surface area (Å²) in [7, 11) is 0. The van der Waals surface area contributed by atoms with Gasteiger partial charge in [0.1, 0.15) is 0 Å². The minimum absolute atomic E-state index is 0.0260. The standard InChI is InChI=1S/C13H19N3O4/c1-8-10(12(19)15-13(20)14-8)2-3-11(18)16-6-4-9(17)5-7-16/h9,17H,2-7H2,1H3,(H2,14,15,19,20). The van der Waals surface area contributed by atoms with Crippen LogP contribution < -0.4 is 11.2 Å².